The summed E-state index contributed by atoms with van der Waals surface area (Å²) >= 11 is 0. The molecule has 1 aromatic carbocycles. The first kappa shape index (κ1) is 14.3. The number of aryl methyl sites for hydroxylation is 1. The highest BCUT2D eigenvalue weighted by molar-refractivity contribution is 7.90. The van der Waals surface area contributed by atoms with Gasteiger partial charge in [-0.05, 0) is 36.8 Å². The van der Waals surface area contributed by atoms with E-state index in [2.05, 4.69) is 4.98 Å². The number of nitrogens with two attached hydrogens (primary N) is 1. The molecule has 2 aromatic rings. The summed E-state index contributed by atoms with van der Waals surface area (Å²) in [5.74, 6) is 0.165. The lowest BCUT2D eigenvalue weighted by Crippen LogP contribution is -2.08. The van der Waals surface area contributed by atoms with E-state index in [1.165, 1.54) is 13.2 Å². The van der Waals surface area contributed by atoms with Crippen LogP contribution in [0, 0.1) is 6.92 Å². The lowest BCUT2D eigenvalue weighted by Gasteiger charge is -2.10. The topological polar surface area (TPSA) is 82.3 Å². The molecule has 0 spiro atoms. The third-order valence-corrected chi connectivity index (χ3v) is 4.74. The van der Waals surface area contributed by atoms with E-state index in [0.29, 0.717) is 22.7 Å². The maximum absolute atomic E-state index is 12.5. The van der Waals surface area contributed by atoms with Crippen molar-refractivity contribution in [1.82, 2.24) is 4.98 Å². The average Bonchev–Trinajstić information content (AvgIpc) is 2.38. The molecule has 0 atom stereocenters. The van der Waals surface area contributed by atoms with Crippen LogP contribution in [0.3, 0.4) is 0 Å². The molecule has 2 rings (SSSR count). The monoisotopic (exact) mass is 292 g/mol. The minimum Gasteiger partial charge on any atom is -0.481 e. The Hall–Kier alpha value is -2.08. The number of aromatic nitrogens is 1. The van der Waals surface area contributed by atoms with Crippen molar-refractivity contribution >= 4 is 15.5 Å². The molecular weight excluding hydrogens is 276 g/mol. The van der Waals surface area contributed by atoms with Crippen molar-refractivity contribution in [3.63, 3.8) is 0 Å². The van der Waals surface area contributed by atoms with Crippen LogP contribution in [-0.2, 0) is 15.6 Å². The smallest absolute Gasteiger partial charge is 0.217 e. The van der Waals surface area contributed by atoms with Crippen molar-refractivity contribution in [3.05, 3.63) is 47.7 Å². The van der Waals surface area contributed by atoms with E-state index in [9.17, 15) is 8.42 Å². The summed E-state index contributed by atoms with van der Waals surface area (Å²) in [5.41, 5.74) is 7.35. The van der Waals surface area contributed by atoms with Gasteiger partial charge in [0.15, 0.2) is 9.84 Å². The van der Waals surface area contributed by atoms with E-state index < -0.39 is 9.84 Å². The zero-order valence-electron chi connectivity index (χ0n) is 11.3. The first-order valence-electron chi connectivity index (χ1n) is 6.01. The second-order valence-electron chi connectivity index (χ2n) is 4.46. The lowest BCUT2D eigenvalue weighted by atomic mass is 10.2. The molecule has 106 valence electrons. The summed E-state index contributed by atoms with van der Waals surface area (Å²) in [4.78, 5) is 4.28. The lowest BCUT2D eigenvalue weighted by molar-refractivity contribution is 0.394. The van der Waals surface area contributed by atoms with Gasteiger partial charge >= 0.3 is 0 Å². The van der Waals surface area contributed by atoms with Gasteiger partial charge in [0.05, 0.1) is 17.8 Å². The van der Waals surface area contributed by atoms with Crippen molar-refractivity contribution in [2.24, 2.45) is 0 Å². The Morgan fingerprint density at radius 1 is 1.30 bits per heavy atom. The van der Waals surface area contributed by atoms with Gasteiger partial charge in [-0.2, -0.15) is 0 Å². The number of benzene rings is 1. The molecule has 0 bridgehead atoms. The molecule has 0 amide bonds. The third kappa shape index (κ3) is 2.91. The van der Waals surface area contributed by atoms with Gasteiger partial charge in [-0.1, -0.05) is 6.07 Å². The predicted octanol–water partition coefficient (Wildman–Crippen LogP) is 1.95. The fourth-order valence-electron chi connectivity index (χ4n) is 2.02. The van der Waals surface area contributed by atoms with Gasteiger partial charge in [0, 0.05) is 17.4 Å². The molecule has 5 nitrogen and oxygen atoms in total. The SMILES string of the molecule is COc1ncccc1CS(=O)(=O)c1ccc(N)cc1C. The minimum atomic E-state index is -3.47. The van der Waals surface area contributed by atoms with Crippen molar-refractivity contribution in [2.75, 3.05) is 12.8 Å². The van der Waals surface area contributed by atoms with E-state index in [4.69, 9.17) is 10.5 Å². The van der Waals surface area contributed by atoms with Crippen LogP contribution < -0.4 is 10.5 Å². The van der Waals surface area contributed by atoms with E-state index in [-0.39, 0.29) is 10.6 Å². The van der Waals surface area contributed by atoms with Crippen LogP contribution in [0.2, 0.25) is 0 Å². The third-order valence-electron chi connectivity index (χ3n) is 2.92. The maximum atomic E-state index is 12.5. The standard InChI is InChI=1S/C14H16N2O3S/c1-10-8-12(15)5-6-13(10)20(17,18)9-11-4-3-7-16-14(11)19-2/h3-8H,9,15H2,1-2H3. The summed E-state index contributed by atoms with van der Waals surface area (Å²) in [6.07, 6.45) is 1.56. The van der Waals surface area contributed by atoms with Crippen molar-refractivity contribution in [1.29, 1.82) is 0 Å². The first-order chi connectivity index (χ1) is 9.44. The number of methoxy groups -OCH3 is 1. The molecule has 0 aliphatic rings. The van der Waals surface area contributed by atoms with E-state index >= 15 is 0 Å². The van der Waals surface area contributed by atoms with Gasteiger partial charge in [-0.15, -0.1) is 0 Å². The fraction of sp³-hybridized carbons (Fsp3) is 0.214. The molecule has 6 heteroatoms. The highest BCUT2D eigenvalue weighted by Crippen LogP contribution is 2.24. The van der Waals surface area contributed by atoms with Gasteiger partial charge in [-0.3, -0.25) is 0 Å². The summed E-state index contributed by atoms with van der Waals surface area (Å²) in [7, 11) is -2.00. The Morgan fingerprint density at radius 2 is 2.05 bits per heavy atom. The molecule has 0 aliphatic heterocycles. The second kappa shape index (κ2) is 5.50. The van der Waals surface area contributed by atoms with Crippen LogP contribution in [0.4, 0.5) is 5.69 Å². The van der Waals surface area contributed by atoms with Crippen LogP contribution in [0.5, 0.6) is 5.88 Å². The molecule has 0 saturated heterocycles. The number of hydrogen-bond donors (Lipinski definition) is 1. The average molecular weight is 292 g/mol. The number of nitrogen functional groups attached to an aromatic ring is 1. The highest BCUT2D eigenvalue weighted by atomic mass is 32.2. The second-order valence-corrected chi connectivity index (χ2v) is 6.41. The molecule has 2 N–H and O–H groups in total. The number of sulfone groups is 1. The summed E-state index contributed by atoms with van der Waals surface area (Å²) < 4.78 is 30.0. The normalized spacial score (nSPS) is 11.3. The quantitative estimate of drug-likeness (QED) is 0.871. The van der Waals surface area contributed by atoms with Crippen LogP contribution >= 0.6 is 0 Å². The Labute approximate surface area is 118 Å². The number of nitrogens with zero attached hydrogens (tertiary/aromatic N) is 1. The van der Waals surface area contributed by atoms with E-state index in [0.717, 1.165) is 0 Å². The fourth-order valence-corrected chi connectivity index (χ4v) is 3.63. The first-order valence-corrected chi connectivity index (χ1v) is 7.66. The molecule has 20 heavy (non-hydrogen) atoms. The molecule has 0 aliphatic carbocycles. The Balaban J connectivity index is 2.41. The van der Waals surface area contributed by atoms with Crippen LogP contribution in [-0.4, -0.2) is 20.5 Å². The van der Waals surface area contributed by atoms with Crippen molar-refractivity contribution < 1.29 is 13.2 Å². The van der Waals surface area contributed by atoms with Gasteiger partial charge in [0.25, 0.3) is 0 Å². The molecule has 0 saturated carbocycles. The van der Waals surface area contributed by atoms with Crippen LogP contribution in [0.1, 0.15) is 11.1 Å². The number of pyridine rings is 1. The number of anilines is 1. The Morgan fingerprint density at radius 3 is 2.70 bits per heavy atom. The molecule has 0 unspecified atom stereocenters. The number of hydrogen-bond acceptors (Lipinski definition) is 5. The van der Waals surface area contributed by atoms with Crippen LogP contribution in [0.15, 0.2) is 41.4 Å². The summed E-state index contributed by atoms with van der Waals surface area (Å²) in [6, 6.07) is 8.13. The van der Waals surface area contributed by atoms with Gasteiger partial charge < -0.3 is 10.5 Å². The largest absolute Gasteiger partial charge is 0.481 e. The summed E-state index contributed by atoms with van der Waals surface area (Å²) in [5, 5.41) is 0. The Kier molecular flexibility index (Phi) is 3.94. The zero-order valence-corrected chi connectivity index (χ0v) is 12.1. The van der Waals surface area contributed by atoms with E-state index in [1.54, 1.807) is 37.4 Å². The van der Waals surface area contributed by atoms with E-state index in [1.807, 2.05) is 0 Å². The predicted molar refractivity (Wildman–Crippen MR) is 77.3 cm³/mol. The molecule has 0 radical (unpaired) electrons. The van der Waals surface area contributed by atoms with Gasteiger partial charge in [0.1, 0.15) is 0 Å². The zero-order chi connectivity index (χ0) is 14.8. The maximum Gasteiger partial charge on any atom is 0.217 e. The summed E-state index contributed by atoms with van der Waals surface area (Å²) in [6.45, 7) is 1.73. The van der Waals surface area contributed by atoms with Gasteiger partial charge in [0.2, 0.25) is 5.88 Å². The minimum absolute atomic E-state index is 0.158. The van der Waals surface area contributed by atoms with Crippen molar-refractivity contribution in [2.45, 2.75) is 17.6 Å². The number of ether oxygens (including phenoxy) is 1. The van der Waals surface area contributed by atoms with Crippen molar-refractivity contribution in [3.8, 4) is 5.88 Å². The van der Waals surface area contributed by atoms with Gasteiger partial charge in [-0.25, -0.2) is 13.4 Å². The van der Waals surface area contributed by atoms with Crippen LogP contribution in [0.25, 0.3) is 0 Å². The highest BCUT2D eigenvalue weighted by Gasteiger charge is 2.20. The molecule has 1 heterocycles. The Bertz CT molecular complexity index is 727. The number of rotatable bonds is 4. The molecular formula is C14H16N2O3S. The molecule has 1 aromatic heterocycles. The molecule has 0 fully saturated rings.